The fraction of sp³-hybridized carbons (Fsp3) is 0.923. The highest BCUT2D eigenvalue weighted by molar-refractivity contribution is 5.84. The van der Waals surface area contributed by atoms with Gasteiger partial charge in [0.05, 0.1) is 18.7 Å². The first kappa shape index (κ1) is 14.5. The van der Waals surface area contributed by atoms with E-state index in [2.05, 4.69) is 19.2 Å². The average molecular weight is 242 g/mol. The number of hydrogen-bond donors (Lipinski definition) is 1. The number of likely N-dealkylation sites (N-methyl/N-ethyl adjacent to an activating group) is 1. The third kappa shape index (κ3) is 3.68. The van der Waals surface area contributed by atoms with Crippen molar-refractivity contribution in [1.29, 1.82) is 0 Å². The van der Waals surface area contributed by atoms with E-state index in [-0.39, 0.29) is 18.0 Å². The number of likely N-dealkylation sites (tertiary alicyclic amines) is 1. The van der Waals surface area contributed by atoms with E-state index in [0.717, 1.165) is 19.5 Å². The van der Waals surface area contributed by atoms with Crippen LogP contribution in [0, 0.1) is 5.92 Å². The summed E-state index contributed by atoms with van der Waals surface area (Å²) in [6, 6.07) is 0.231. The molecular weight excluding hydrogens is 216 g/mol. The predicted molar refractivity (Wildman–Crippen MR) is 68.9 cm³/mol. The van der Waals surface area contributed by atoms with E-state index >= 15 is 0 Å². The number of rotatable bonds is 7. The van der Waals surface area contributed by atoms with Crippen molar-refractivity contribution in [3.05, 3.63) is 0 Å². The van der Waals surface area contributed by atoms with Gasteiger partial charge in [-0.2, -0.15) is 0 Å². The topological polar surface area (TPSA) is 41.6 Å². The third-order valence-corrected chi connectivity index (χ3v) is 3.35. The van der Waals surface area contributed by atoms with Gasteiger partial charge >= 0.3 is 0 Å². The average Bonchev–Trinajstić information content (AvgIpc) is 2.63. The maximum Gasteiger partial charge on any atom is 0.240 e. The molecule has 1 aliphatic heterocycles. The summed E-state index contributed by atoms with van der Waals surface area (Å²) in [7, 11) is 0. The van der Waals surface area contributed by atoms with Gasteiger partial charge in [-0.3, -0.25) is 4.79 Å². The second-order valence-corrected chi connectivity index (χ2v) is 4.90. The molecule has 4 nitrogen and oxygen atoms in total. The molecule has 1 heterocycles. The van der Waals surface area contributed by atoms with Crippen molar-refractivity contribution in [2.75, 3.05) is 26.3 Å². The van der Waals surface area contributed by atoms with E-state index in [1.54, 1.807) is 0 Å². The molecular formula is C13H26N2O2. The molecule has 2 unspecified atom stereocenters. The standard InChI is InChI=1S/C13H26N2O2/c1-5-14-11-7-8-15(13(11)16)12(10(3)4)9-17-6-2/h10-12,14H,5-9H2,1-4H3. The molecule has 2 atom stereocenters. The number of nitrogens with zero attached hydrogens (tertiary/aromatic N) is 1. The summed E-state index contributed by atoms with van der Waals surface area (Å²) >= 11 is 0. The van der Waals surface area contributed by atoms with Crippen molar-refractivity contribution in [1.82, 2.24) is 10.2 Å². The van der Waals surface area contributed by atoms with Crippen molar-refractivity contribution in [3.8, 4) is 0 Å². The molecule has 1 rings (SSSR count). The third-order valence-electron chi connectivity index (χ3n) is 3.35. The molecule has 0 aliphatic carbocycles. The molecule has 1 saturated heterocycles. The maximum atomic E-state index is 12.2. The highest BCUT2D eigenvalue weighted by Gasteiger charge is 2.36. The molecule has 0 radical (unpaired) electrons. The Morgan fingerprint density at radius 3 is 2.71 bits per heavy atom. The van der Waals surface area contributed by atoms with Crippen LogP contribution in [0.4, 0.5) is 0 Å². The number of ether oxygens (including phenoxy) is 1. The van der Waals surface area contributed by atoms with Crippen molar-refractivity contribution >= 4 is 5.91 Å². The summed E-state index contributed by atoms with van der Waals surface area (Å²) in [5, 5.41) is 3.24. The second-order valence-electron chi connectivity index (χ2n) is 4.90. The monoisotopic (exact) mass is 242 g/mol. The van der Waals surface area contributed by atoms with Crippen LogP contribution in [0.1, 0.15) is 34.1 Å². The van der Waals surface area contributed by atoms with Gasteiger partial charge in [0.25, 0.3) is 0 Å². The molecule has 0 aromatic carbocycles. The minimum absolute atomic E-state index is 0.0166. The van der Waals surface area contributed by atoms with E-state index in [0.29, 0.717) is 19.1 Å². The summed E-state index contributed by atoms with van der Waals surface area (Å²) < 4.78 is 5.50. The summed E-state index contributed by atoms with van der Waals surface area (Å²) in [5.41, 5.74) is 0. The summed E-state index contributed by atoms with van der Waals surface area (Å²) in [6.45, 7) is 11.4. The molecule has 0 bridgehead atoms. The minimum Gasteiger partial charge on any atom is -0.380 e. The van der Waals surface area contributed by atoms with Crippen LogP contribution in [-0.4, -0.2) is 49.2 Å². The highest BCUT2D eigenvalue weighted by atomic mass is 16.5. The SMILES string of the molecule is CCNC1CCN(C(COCC)C(C)C)C1=O. The van der Waals surface area contributed by atoms with Crippen LogP contribution in [0.2, 0.25) is 0 Å². The highest BCUT2D eigenvalue weighted by Crippen LogP contribution is 2.19. The molecule has 1 aliphatic rings. The molecule has 0 saturated carbocycles. The zero-order valence-electron chi connectivity index (χ0n) is 11.5. The van der Waals surface area contributed by atoms with Gasteiger partial charge in [-0.15, -0.1) is 0 Å². The fourth-order valence-electron chi connectivity index (χ4n) is 2.35. The van der Waals surface area contributed by atoms with Crippen molar-refractivity contribution in [3.63, 3.8) is 0 Å². The Kier molecular flexibility index (Phi) is 5.92. The summed E-state index contributed by atoms with van der Waals surface area (Å²) in [6.07, 6.45) is 0.919. The summed E-state index contributed by atoms with van der Waals surface area (Å²) in [5.74, 6) is 0.677. The molecule has 1 amide bonds. The Bertz CT molecular complexity index is 244. The van der Waals surface area contributed by atoms with E-state index in [9.17, 15) is 4.79 Å². The van der Waals surface area contributed by atoms with Gasteiger partial charge in [-0.05, 0) is 25.8 Å². The van der Waals surface area contributed by atoms with Gasteiger partial charge in [0.2, 0.25) is 5.91 Å². The van der Waals surface area contributed by atoms with Gasteiger partial charge in [-0.1, -0.05) is 20.8 Å². The Hall–Kier alpha value is -0.610. The van der Waals surface area contributed by atoms with Crippen LogP contribution in [0.5, 0.6) is 0 Å². The van der Waals surface area contributed by atoms with Gasteiger partial charge in [-0.25, -0.2) is 0 Å². The zero-order chi connectivity index (χ0) is 12.8. The molecule has 4 heteroatoms. The van der Waals surface area contributed by atoms with Crippen LogP contribution < -0.4 is 5.32 Å². The van der Waals surface area contributed by atoms with Crippen LogP contribution in [0.15, 0.2) is 0 Å². The van der Waals surface area contributed by atoms with E-state index in [1.807, 2.05) is 18.7 Å². The first-order valence-electron chi connectivity index (χ1n) is 6.73. The minimum atomic E-state index is 0.0166. The maximum absolute atomic E-state index is 12.2. The molecule has 100 valence electrons. The Morgan fingerprint density at radius 2 is 2.18 bits per heavy atom. The van der Waals surface area contributed by atoms with Crippen LogP contribution in [-0.2, 0) is 9.53 Å². The van der Waals surface area contributed by atoms with Crippen molar-refractivity contribution in [2.24, 2.45) is 5.92 Å². The molecule has 0 aromatic heterocycles. The number of carbonyl (C=O) groups is 1. The fourth-order valence-corrected chi connectivity index (χ4v) is 2.35. The largest absolute Gasteiger partial charge is 0.380 e. The number of hydrogen-bond acceptors (Lipinski definition) is 3. The Morgan fingerprint density at radius 1 is 1.47 bits per heavy atom. The second kappa shape index (κ2) is 6.97. The molecule has 17 heavy (non-hydrogen) atoms. The van der Waals surface area contributed by atoms with Crippen molar-refractivity contribution < 1.29 is 9.53 Å². The first-order chi connectivity index (χ1) is 8.11. The molecule has 1 fully saturated rings. The van der Waals surface area contributed by atoms with Crippen LogP contribution >= 0.6 is 0 Å². The zero-order valence-corrected chi connectivity index (χ0v) is 11.5. The quantitative estimate of drug-likeness (QED) is 0.731. The molecule has 1 N–H and O–H groups in total. The number of carbonyl (C=O) groups excluding carboxylic acids is 1. The van der Waals surface area contributed by atoms with Crippen LogP contribution in [0.3, 0.4) is 0 Å². The lowest BCUT2D eigenvalue weighted by Gasteiger charge is -2.31. The van der Waals surface area contributed by atoms with Gasteiger partial charge in [0.15, 0.2) is 0 Å². The number of nitrogens with one attached hydrogen (secondary N) is 1. The van der Waals surface area contributed by atoms with Gasteiger partial charge < -0.3 is 15.0 Å². The smallest absolute Gasteiger partial charge is 0.240 e. The lowest BCUT2D eigenvalue weighted by molar-refractivity contribution is -0.133. The molecule has 0 aromatic rings. The van der Waals surface area contributed by atoms with Crippen molar-refractivity contribution in [2.45, 2.75) is 46.2 Å². The van der Waals surface area contributed by atoms with E-state index in [4.69, 9.17) is 4.74 Å². The molecule has 0 spiro atoms. The first-order valence-corrected chi connectivity index (χ1v) is 6.73. The lowest BCUT2D eigenvalue weighted by Crippen LogP contribution is -2.46. The van der Waals surface area contributed by atoms with Gasteiger partial charge in [0, 0.05) is 13.2 Å². The normalized spacial score (nSPS) is 22.5. The Labute approximate surface area is 105 Å². The number of amides is 1. The van der Waals surface area contributed by atoms with Gasteiger partial charge in [0.1, 0.15) is 0 Å². The van der Waals surface area contributed by atoms with Crippen LogP contribution in [0.25, 0.3) is 0 Å². The Balaban J connectivity index is 2.60. The van der Waals surface area contributed by atoms with E-state index in [1.165, 1.54) is 0 Å². The predicted octanol–water partition coefficient (Wildman–Crippen LogP) is 1.26. The summed E-state index contributed by atoms with van der Waals surface area (Å²) in [4.78, 5) is 14.2. The van der Waals surface area contributed by atoms with E-state index < -0.39 is 0 Å². The lowest BCUT2D eigenvalue weighted by atomic mass is 10.0.